The second-order valence-electron chi connectivity index (χ2n) is 18.9. The summed E-state index contributed by atoms with van der Waals surface area (Å²) in [6, 6.07) is 89.5. The molecule has 320 valence electrons. The molecule has 0 N–H and O–H groups in total. The van der Waals surface area contributed by atoms with Gasteiger partial charge in [0.2, 0.25) is 0 Å². The fraction of sp³-hybridized carbons (Fsp3) is 0.0448. The molecule has 1 heteroatoms. The van der Waals surface area contributed by atoms with Crippen LogP contribution in [0.3, 0.4) is 0 Å². The Labute approximate surface area is 397 Å². The minimum atomic E-state index is -0.0885. The van der Waals surface area contributed by atoms with Crippen molar-refractivity contribution in [1.29, 1.82) is 0 Å². The van der Waals surface area contributed by atoms with E-state index in [1.54, 1.807) is 0 Å². The predicted molar refractivity (Wildman–Crippen MR) is 288 cm³/mol. The summed E-state index contributed by atoms with van der Waals surface area (Å²) in [6.07, 6.45) is 2.35. The number of benzene rings is 11. The first-order valence-electron chi connectivity index (χ1n) is 23.7. The summed E-state index contributed by atoms with van der Waals surface area (Å²) in [6.45, 7) is 4.72. The summed E-state index contributed by atoms with van der Waals surface area (Å²) in [4.78, 5) is 0. The molecule has 1 aliphatic rings. The van der Waals surface area contributed by atoms with Crippen LogP contribution in [0.5, 0.6) is 0 Å². The molecule has 0 saturated carbocycles. The maximum atomic E-state index is 2.42. The van der Waals surface area contributed by atoms with Crippen molar-refractivity contribution in [3.63, 3.8) is 0 Å². The van der Waals surface area contributed by atoms with Crippen molar-refractivity contribution in [2.75, 3.05) is 0 Å². The number of hydrogen-bond donors (Lipinski definition) is 0. The van der Waals surface area contributed by atoms with Gasteiger partial charge in [-0.1, -0.05) is 232 Å². The van der Waals surface area contributed by atoms with E-state index < -0.39 is 0 Å². The SMILES string of the molecule is CC1(C)c2ccccc2-c2ccc(-n3cc(-c4ccc(-c5ccc(-c6cccc7ccccc67)cc5)cc4)c4cc(-c5ccc(-c6ccc(-c7cccc8ccccc78)cc6)cc5)ccc43)cc21. The maximum absolute atomic E-state index is 2.42. The molecule has 0 saturated heterocycles. The summed E-state index contributed by atoms with van der Waals surface area (Å²) in [5.41, 5.74) is 22.3. The van der Waals surface area contributed by atoms with Crippen LogP contribution in [0.15, 0.2) is 249 Å². The van der Waals surface area contributed by atoms with Crippen LogP contribution in [0.2, 0.25) is 0 Å². The van der Waals surface area contributed by atoms with Crippen molar-refractivity contribution in [2.24, 2.45) is 0 Å². The van der Waals surface area contributed by atoms with Gasteiger partial charge in [-0.25, -0.2) is 0 Å². The van der Waals surface area contributed by atoms with Gasteiger partial charge < -0.3 is 4.57 Å². The van der Waals surface area contributed by atoms with E-state index >= 15 is 0 Å². The minimum Gasteiger partial charge on any atom is -0.316 e. The molecule has 1 nitrogen and oxygen atoms in total. The van der Waals surface area contributed by atoms with Gasteiger partial charge in [-0.2, -0.15) is 0 Å². The third-order valence-corrected chi connectivity index (χ3v) is 14.7. The molecule has 1 aliphatic carbocycles. The van der Waals surface area contributed by atoms with Gasteiger partial charge in [0.05, 0.1) is 5.52 Å². The summed E-state index contributed by atoms with van der Waals surface area (Å²) in [7, 11) is 0. The van der Waals surface area contributed by atoms with Gasteiger partial charge in [0.1, 0.15) is 0 Å². The average molecular weight is 866 g/mol. The highest BCUT2D eigenvalue weighted by Gasteiger charge is 2.35. The van der Waals surface area contributed by atoms with E-state index in [0.29, 0.717) is 0 Å². The van der Waals surface area contributed by atoms with Crippen LogP contribution in [0.25, 0.3) is 116 Å². The summed E-state index contributed by atoms with van der Waals surface area (Å²) in [5.74, 6) is 0. The summed E-state index contributed by atoms with van der Waals surface area (Å²) < 4.78 is 2.40. The molecule has 0 bridgehead atoms. The molecule has 0 fully saturated rings. The Kier molecular flexibility index (Phi) is 9.27. The Bertz CT molecular complexity index is 3870. The lowest BCUT2D eigenvalue weighted by Crippen LogP contribution is -2.15. The van der Waals surface area contributed by atoms with E-state index in [2.05, 4.69) is 267 Å². The van der Waals surface area contributed by atoms with Gasteiger partial charge in [0, 0.05) is 28.2 Å². The predicted octanol–water partition coefficient (Wildman–Crippen LogP) is 18.2. The Balaban J connectivity index is 0.855. The largest absolute Gasteiger partial charge is 0.316 e. The highest BCUT2D eigenvalue weighted by molar-refractivity contribution is 6.01. The third kappa shape index (κ3) is 6.62. The lowest BCUT2D eigenvalue weighted by Gasteiger charge is -2.22. The zero-order valence-electron chi connectivity index (χ0n) is 38.1. The van der Waals surface area contributed by atoms with Crippen LogP contribution >= 0.6 is 0 Å². The molecule has 1 aromatic heterocycles. The molecule has 0 atom stereocenters. The first-order chi connectivity index (χ1) is 33.4. The first-order valence-corrected chi connectivity index (χ1v) is 23.7. The monoisotopic (exact) mass is 865 g/mol. The van der Waals surface area contributed by atoms with Gasteiger partial charge in [-0.3, -0.25) is 0 Å². The number of rotatable bonds is 7. The second-order valence-corrected chi connectivity index (χ2v) is 18.9. The minimum absolute atomic E-state index is 0.0885. The van der Waals surface area contributed by atoms with Crippen molar-refractivity contribution in [2.45, 2.75) is 19.3 Å². The topological polar surface area (TPSA) is 4.93 Å². The summed E-state index contributed by atoms with van der Waals surface area (Å²) >= 11 is 0. The van der Waals surface area contributed by atoms with Gasteiger partial charge in [0.25, 0.3) is 0 Å². The molecular weight excluding hydrogens is 819 g/mol. The zero-order chi connectivity index (χ0) is 45.3. The lowest BCUT2D eigenvalue weighted by atomic mass is 9.82. The zero-order valence-corrected chi connectivity index (χ0v) is 38.1. The molecule has 0 radical (unpaired) electrons. The second kappa shape index (κ2) is 15.8. The van der Waals surface area contributed by atoms with Crippen LogP contribution in [-0.4, -0.2) is 4.57 Å². The highest BCUT2D eigenvalue weighted by Crippen LogP contribution is 2.49. The van der Waals surface area contributed by atoms with E-state index in [4.69, 9.17) is 0 Å². The third-order valence-electron chi connectivity index (χ3n) is 14.7. The molecule has 12 aromatic rings. The Morgan fingerprint density at radius 3 is 1.25 bits per heavy atom. The quantitative estimate of drug-likeness (QED) is 0.150. The number of aromatic nitrogens is 1. The van der Waals surface area contributed by atoms with Crippen LogP contribution in [-0.2, 0) is 5.41 Å². The van der Waals surface area contributed by atoms with Crippen LogP contribution in [0, 0.1) is 0 Å². The van der Waals surface area contributed by atoms with E-state index in [9.17, 15) is 0 Å². The van der Waals surface area contributed by atoms with Crippen molar-refractivity contribution >= 4 is 32.4 Å². The molecule has 0 unspecified atom stereocenters. The van der Waals surface area contributed by atoms with Gasteiger partial charge in [-0.05, 0) is 129 Å². The fourth-order valence-corrected chi connectivity index (χ4v) is 11.0. The molecule has 11 aromatic carbocycles. The number of nitrogens with zero attached hydrogens (tertiary/aromatic N) is 1. The molecule has 13 rings (SSSR count). The standard InChI is InChI=1S/C67H47N/c1-67(2)64-20-8-7-17-60(64)61-39-38-55(42-65(61)67)68-43-63(53-35-29-47(30-36-53)46-27-33-52(34-28-46)59-19-10-14-50-12-4-6-16-57(50)59)62-41-54(37-40-66(62)68)48-23-21-44(22-24-48)45-25-31-51(32-26-45)58-18-9-13-49-11-3-5-15-56(49)58/h3-43H,1-2H3. The van der Waals surface area contributed by atoms with E-state index in [0.717, 1.165) is 0 Å². The van der Waals surface area contributed by atoms with Crippen LogP contribution in [0.4, 0.5) is 0 Å². The fourth-order valence-electron chi connectivity index (χ4n) is 11.0. The molecule has 0 amide bonds. The van der Waals surface area contributed by atoms with Crippen molar-refractivity contribution in [3.05, 3.63) is 260 Å². The molecule has 0 spiro atoms. The van der Waals surface area contributed by atoms with E-state index in [-0.39, 0.29) is 5.41 Å². The smallest absolute Gasteiger partial charge is 0.0535 e. The van der Waals surface area contributed by atoms with Crippen molar-refractivity contribution in [1.82, 2.24) is 4.57 Å². The van der Waals surface area contributed by atoms with Gasteiger partial charge in [-0.15, -0.1) is 0 Å². The molecular formula is C67H47N. The van der Waals surface area contributed by atoms with Crippen LogP contribution < -0.4 is 0 Å². The van der Waals surface area contributed by atoms with Gasteiger partial charge >= 0.3 is 0 Å². The van der Waals surface area contributed by atoms with Crippen LogP contribution in [0.1, 0.15) is 25.0 Å². The van der Waals surface area contributed by atoms with Crippen molar-refractivity contribution < 1.29 is 0 Å². The van der Waals surface area contributed by atoms with E-state index in [1.807, 2.05) is 0 Å². The Morgan fingerprint density at radius 1 is 0.279 bits per heavy atom. The first kappa shape index (κ1) is 39.8. The summed E-state index contributed by atoms with van der Waals surface area (Å²) in [5, 5.41) is 6.31. The van der Waals surface area contributed by atoms with E-state index in [1.165, 1.54) is 127 Å². The lowest BCUT2D eigenvalue weighted by molar-refractivity contribution is 0.660. The Morgan fingerprint density at radius 2 is 0.691 bits per heavy atom. The average Bonchev–Trinajstić information content (AvgIpc) is 3.90. The normalized spacial score (nSPS) is 12.7. The maximum Gasteiger partial charge on any atom is 0.0535 e. The number of hydrogen-bond acceptors (Lipinski definition) is 0. The highest BCUT2D eigenvalue weighted by atomic mass is 15.0. The van der Waals surface area contributed by atoms with Crippen molar-refractivity contribution in [3.8, 4) is 83.6 Å². The number of fused-ring (bicyclic) bond motifs is 6. The Hall–Kier alpha value is -8.52. The molecule has 1 heterocycles. The molecule has 0 aliphatic heterocycles. The molecule has 68 heavy (non-hydrogen) atoms. The van der Waals surface area contributed by atoms with Gasteiger partial charge in [0.15, 0.2) is 0 Å².